The van der Waals surface area contributed by atoms with Crippen LogP contribution in [0.1, 0.15) is 27.2 Å². The number of aliphatic carboxylic acids is 1. The minimum Gasteiger partial charge on any atom is -0.500 e. The first-order chi connectivity index (χ1) is 6.54. The highest BCUT2D eigenvalue weighted by Gasteiger charge is 2.22. The van der Waals surface area contributed by atoms with Crippen LogP contribution in [-0.4, -0.2) is 23.5 Å². The number of hydrogen-bond donors (Lipinski definition) is 1. The number of carbonyl (C=O) groups excluding carboxylic acids is 1. The Kier molecular flexibility index (Phi) is 5.60. The molecule has 0 heterocycles. The van der Waals surface area contributed by atoms with Crippen LogP contribution in [0.25, 0.3) is 0 Å². The van der Waals surface area contributed by atoms with Gasteiger partial charge in [0.05, 0.1) is 6.61 Å². The van der Waals surface area contributed by atoms with E-state index in [1.54, 1.807) is 13.8 Å². The van der Waals surface area contributed by atoms with Crippen molar-refractivity contribution < 1.29 is 19.4 Å². The predicted molar refractivity (Wildman–Crippen MR) is 51.8 cm³/mol. The first kappa shape index (κ1) is 12.7. The van der Waals surface area contributed by atoms with Gasteiger partial charge in [-0.05, 0) is 13.3 Å². The third-order valence-corrected chi connectivity index (χ3v) is 1.92. The Morgan fingerprint density at radius 2 is 2.00 bits per heavy atom. The van der Waals surface area contributed by atoms with Crippen LogP contribution in [0.2, 0.25) is 0 Å². The number of rotatable bonds is 6. The van der Waals surface area contributed by atoms with Crippen molar-refractivity contribution >= 4 is 11.8 Å². The molecule has 0 aliphatic heterocycles. The Balaban J connectivity index is 4.66. The molecule has 0 aromatic carbocycles. The number of ketones is 1. The van der Waals surface area contributed by atoms with E-state index in [0.29, 0.717) is 13.0 Å². The minimum atomic E-state index is -1.23. The third-order valence-electron chi connectivity index (χ3n) is 1.92. The van der Waals surface area contributed by atoms with Gasteiger partial charge in [-0.1, -0.05) is 13.8 Å². The molecule has 0 saturated heterocycles. The van der Waals surface area contributed by atoms with Crippen LogP contribution in [-0.2, 0) is 14.3 Å². The SMILES string of the molecule is CCOC=C(C(=O)O)C(=O)C(C)CC. The number of carboxylic acid groups (broad SMARTS) is 1. The molecular weight excluding hydrogens is 184 g/mol. The first-order valence-electron chi connectivity index (χ1n) is 4.63. The van der Waals surface area contributed by atoms with E-state index >= 15 is 0 Å². The quantitative estimate of drug-likeness (QED) is 0.306. The van der Waals surface area contributed by atoms with Gasteiger partial charge in [0.15, 0.2) is 5.78 Å². The summed E-state index contributed by atoms with van der Waals surface area (Å²) in [7, 11) is 0. The Hall–Kier alpha value is -1.32. The Morgan fingerprint density at radius 3 is 2.36 bits per heavy atom. The molecule has 0 aliphatic rings. The fourth-order valence-corrected chi connectivity index (χ4v) is 0.831. The highest BCUT2D eigenvalue weighted by Crippen LogP contribution is 2.10. The molecule has 4 heteroatoms. The van der Waals surface area contributed by atoms with Crippen LogP contribution in [0.15, 0.2) is 11.8 Å². The summed E-state index contributed by atoms with van der Waals surface area (Å²) in [4.78, 5) is 22.2. The van der Waals surface area contributed by atoms with Gasteiger partial charge in [-0.3, -0.25) is 4.79 Å². The lowest BCUT2D eigenvalue weighted by molar-refractivity contribution is -0.135. The largest absolute Gasteiger partial charge is 0.500 e. The van der Waals surface area contributed by atoms with E-state index in [1.165, 1.54) is 0 Å². The van der Waals surface area contributed by atoms with E-state index in [-0.39, 0.29) is 17.3 Å². The van der Waals surface area contributed by atoms with Crippen LogP contribution in [0.3, 0.4) is 0 Å². The molecule has 0 amide bonds. The summed E-state index contributed by atoms with van der Waals surface area (Å²) in [6.45, 7) is 5.61. The predicted octanol–water partition coefficient (Wildman–Crippen LogP) is 1.61. The van der Waals surface area contributed by atoms with Gasteiger partial charge in [-0.15, -0.1) is 0 Å². The van der Waals surface area contributed by atoms with Gasteiger partial charge >= 0.3 is 5.97 Å². The van der Waals surface area contributed by atoms with Gasteiger partial charge in [0.1, 0.15) is 11.8 Å². The summed E-state index contributed by atoms with van der Waals surface area (Å²) in [5, 5.41) is 8.75. The molecule has 14 heavy (non-hydrogen) atoms. The Labute approximate surface area is 83.6 Å². The van der Waals surface area contributed by atoms with E-state index in [4.69, 9.17) is 9.84 Å². The van der Waals surface area contributed by atoms with Crippen molar-refractivity contribution in [2.24, 2.45) is 5.92 Å². The second kappa shape index (κ2) is 6.18. The van der Waals surface area contributed by atoms with Gasteiger partial charge in [0.2, 0.25) is 0 Å². The molecule has 0 bridgehead atoms. The van der Waals surface area contributed by atoms with Crippen molar-refractivity contribution in [3.8, 4) is 0 Å². The second-order valence-corrected chi connectivity index (χ2v) is 2.97. The summed E-state index contributed by atoms with van der Waals surface area (Å²) >= 11 is 0. The van der Waals surface area contributed by atoms with Gasteiger partial charge in [0.25, 0.3) is 0 Å². The molecular formula is C10H16O4. The van der Waals surface area contributed by atoms with E-state index < -0.39 is 5.97 Å². The number of carboxylic acids is 1. The molecule has 1 unspecified atom stereocenters. The van der Waals surface area contributed by atoms with Crippen LogP contribution in [0.5, 0.6) is 0 Å². The zero-order valence-corrected chi connectivity index (χ0v) is 8.74. The maximum atomic E-state index is 11.5. The Morgan fingerprint density at radius 1 is 1.43 bits per heavy atom. The van der Waals surface area contributed by atoms with E-state index in [9.17, 15) is 9.59 Å². The summed E-state index contributed by atoms with van der Waals surface area (Å²) in [6.07, 6.45) is 1.65. The second-order valence-electron chi connectivity index (χ2n) is 2.97. The summed E-state index contributed by atoms with van der Waals surface area (Å²) in [5.74, 6) is -1.89. The number of Topliss-reactive ketones (excluding diaryl/α,β-unsaturated/α-hetero) is 1. The van der Waals surface area contributed by atoms with E-state index in [2.05, 4.69) is 0 Å². The lowest BCUT2D eigenvalue weighted by atomic mass is 9.98. The maximum absolute atomic E-state index is 11.5. The van der Waals surface area contributed by atoms with Crippen LogP contribution >= 0.6 is 0 Å². The fourth-order valence-electron chi connectivity index (χ4n) is 0.831. The van der Waals surface area contributed by atoms with Gasteiger partial charge in [0, 0.05) is 5.92 Å². The molecule has 0 aliphatic carbocycles. The van der Waals surface area contributed by atoms with Crippen molar-refractivity contribution in [1.29, 1.82) is 0 Å². The number of hydrogen-bond acceptors (Lipinski definition) is 3. The third kappa shape index (κ3) is 3.60. The average molecular weight is 200 g/mol. The van der Waals surface area contributed by atoms with Crippen LogP contribution < -0.4 is 0 Å². The smallest absolute Gasteiger partial charge is 0.342 e. The molecule has 0 radical (unpaired) electrons. The van der Waals surface area contributed by atoms with Gasteiger partial charge in [-0.25, -0.2) is 4.79 Å². The molecule has 4 nitrogen and oxygen atoms in total. The normalized spacial score (nSPS) is 13.5. The average Bonchev–Trinajstić information content (AvgIpc) is 2.16. The van der Waals surface area contributed by atoms with Gasteiger partial charge < -0.3 is 9.84 Å². The van der Waals surface area contributed by atoms with Crippen molar-refractivity contribution in [2.45, 2.75) is 27.2 Å². The highest BCUT2D eigenvalue weighted by molar-refractivity contribution is 6.17. The standard InChI is InChI=1S/C10H16O4/c1-4-7(3)9(11)8(10(12)13)6-14-5-2/h6-7H,4-5H2,1-3H3,(H,12,13). The van der Waals surface area contributed by atoms with Crippen molar-refractivity contribution in [3.63, 3.8) is 0 Å². The minimum absolute atomic E-state index is 0.277. The summed E-state index contributed by atoms with van der Waals surface area (Å²) in [5.41, 5.74) is -0.277. The summed E-state index contributed by atoms with van der Waals surface area (Å²) in [6, 6.07) is 0. The molecule has 80 valence electrons. The van der Waals surface area contributed by atoms with Crippen LogP contribution in [0.4, 0.5) is 0 Å². The van der Waals surface area contributed by atoms with E-state index in [0.717, 1.165) is 6.26 Å². The topological polar surface area (TPSA) is 63.6 Å². The molecule has 0 rings (SSSR count). The molecule has 0 aromatic rings. The molecule has 0 fully saturated rings. The molecule has 1 atom stereocenters. The first-order valence-corrected chi connectivity index (χ1v) is 4.63. The van der Waals surface area contributed by atoms with Crippen molar-refractivity contribution in [2.75, 3.05) is 6.61 Å². The fraction of sp³-hybridized carbons (Fsp3) is 0.600. The van der Waals surface area contributed by atoms with Crippen LogP contribution in [0, 0.1) is 5.92 Å². The molecule has 1 N–H and O–H groups in total. The summed E-state index contributed by atoms with van der Waals surface area (Å²) < 4.78 is 4.81. The van der Waals surface area contributed by atoms with Crippen molar-refractivity contribution in [1.82, 2.24) is 0 Å². The number of carbonyl (C=O) groups is 2. The van der Waals surface area contributed by atoms with E-state index in [1.807, 2.05) is 6.92 Å². The molecule has 0 spiro atoms. The van der Waals surface area contributed by atoms with Gasteiger partial charge in [-0.2, -0.15) is 0 Å². The van der Waals surface area contributed by atoms with Crippen molar-refractivity contribution in [3.05, 3.63) is 11.8 Å². The Bertz CT molecular complexity index is 243. The zero-order valence-electron chi connectivity index (χ0n) is 8.74. The molecule has 0 aromatic heterocycles. The maximum Gasteiger partial charge on any atom is 0.342 e. The monoisotopic (exact) mass is 200 g/mol. The lowest BCUT2D eigenvalue weighted by Crippen LogP contribution is -2.19. The molecule has 0 saturated carbocycles. The lowest BCUT2D eigenvalue weighted by Gasteiger charge is -2.07. The number of ether oxygens (including phenoxy) is 1. The zero-order chi connectivity index (χ0) is 11.1. The highest BCUT2D eigenvalue weighted by atomic mass is 16.5.